The van der Waals surface area contributed by atoms with Crippen LogP contribution in [0.5, 0.6) is 0 Å². The summed E-state index contributed by atoms with van der Waals surface area (Å²) in [6, 6.07) is 0. The van der Waals surface area contributed by atoms with Crippen molar-refractivity contribution in [1.82, 2.24) is 14.7 Å². The molecule has 6 nitrogen and oxygen atoms in total. The Kier molecular flexibility index (Phi) is 5.07. The van der Waals surface area contributed by atoms with E-state index in [-0.39, 0.29) is 12.0 Å². The SMILES string of the molecule is CC(OCC1CCCCO1)C(=O)NCc1cn2ccsc2n1. The summed E-state index contributed by atoms with van der Waals surface area (Å²) in [5.74, 6) is -0.118. The van der Waals surface area contributed by atoms with Crippen LogP contribution in [0.1, 0.15) is 31.9 Å². The minimum absolute atomic E-state index is 0.118. The first-order valence-electron chi connectivity index (χ1n) is 7.64. The zero-order chi connectivity index (χ0) is 15.4. The third-order valence-electron chi connectivity index (χ3n) is 3.76. The first-order valence-corrected chi connectivity index (χ1v) is 8.52. The molecule has 0 radical (unpaired) electrons. The molecule has 0 aliphatic carbocycles. The van der Waals surface area contributed by atoms with Crippen molar-refractivity contribution in [3.05, 3.63) is 23.5 Å². The van der Waals surface area contributed by atoms with E-state index in [1.54, 1.807) is 18.3 Å². The van der Waals surface area contributed by atoms with Gasteiger partial charge in [0.05, 0.1) is 24.9 Å². The minimum atomic E-state index is -0.478. The molecular weight excluding hydrogens is 302 g/mol. The molecule has 120 valence electrons. The number of aromatic nitrogens is 2. The maximum Gasteiger partial charge on any atom is 0.249 e. The number of hydrogen-bond acceptors (Lipinski definition) is 5. The van der Waals surface area contributed by atoms with Crippen molar-refractivity contribution in [2.24, 2.45) is 0 Å². The molecule has 2 unspecified atom stereocenters. The largest absolute Gasteiger partial charge is 0.376 e. The molecular formula is C15H21N3O3S. The second-order valence-corrected chi connectivity index (χ2v) is 6.38. The Morgan fingerprint density at radius 2 is 2.55 bits per heavy atom. The third-order valence-corrected chi connectivity index (χ3v) is 4.53. The molecule has 3 heterocycles. The topological polar surface area (TPSA) is 64.9 Å². The summed E-state index contributed by atoms with van der Waals surface area (Å²) in [6.45, 7) is 3.46. The van der Waals surface area contributed by atoms with Crippen molar-refractivity contribution in [1.29, 1.82) is 0 Å². The lowest BCUT2D eigenvalue weighted by Crippen LogP contribution is -2.36. The van der Waals surface area contributed by atoms with Gasteiger partial charge in [-0.15, -0.1) is 11.3 Å². The summed E-state index contributed by atoms with van der Waals surface area (Å²) >= 11 is 1.57. The van der Waals surface area contributed by atoms with Crippen LogP contribution in [0.2, 0.25) is 0 Å². The number of amides is 1. The smallest absolute Gasteiger partial charge is 0.249 e. The van der Waals surface area contributed by atoms with Crippen LogP contribution in [0.25, 0.3) is 4.96 Å². The molecule has 0 saturated carbocycles. The maximum absolute atomic E-state index is 12.0. The molecule has 1 N–H and O–H groups in total. The van der Waals surface area contributed by atoms with Gasteiger partial charge in [-0.3, -0.25) is 9.20 Å². The molecule has 1 aliphatic rings. The number of hydrogen-bond donors (Lipinski definition) is 1. The summed E-state index contributed by atoms with van der Waals surface area (Å²) in [5, 5.41) is 4.84. The van der Waals surface area contributed by atoms with Crippen molar-refractivity contribution < 1.29 is 14.3 Å². The fraction of sp³-hybridized carbons (Fsp3) is 0.600. The number of ether oxygens (including phenoxy) is 2. The Labute approximate surface area is 133 Å². The molecule has 7 heteroatoms. The van der Waals surface area contributed by atoms with Crippen LogP contribution >= 0.6 is 11.3 Å². The second-order valence-electron chi connectivity index (χ2n) is 5.51. The minimum Gasteiger partial charge on any atom is -0.376 e. The number of fused-ring (bicyclic) bond motifs is 1. The van der Waals surface area contributed by atoms with Crippen LogP contribution in [-0.4, -0.2) is 40.7 Å². The van der Waals surface area contributed by atoms with Crippen LogP contribution in [0, 0.1) is 0 Å². The van der Waals surface area contributed by atoms with Gasteiger partial charge in [0.15, 0.2) is 4.96 Å². The van der Waals surface area contributed by atoms with Gasteiger partial charge in [-0.05, 0) is 26.2 Å². The number of carbonyl (C=O) groups is 1. The highest BCUT2D eigenvalue weighted by atomic mass is 32.1. The van der Waals surface area contributed by atoms with Gasteiger partial charge in [0, 0.05) is 24.4 Å². The maximum atomic E-state index is 12.0. The van der Waals surface area contributed by atoms with E-state index in [0.717, 1.165) is 30.1 Å². The molecule has 1 saturated heterocycles. The Morgan fingerprint density at radius 3 is 3.32 bits per heavy atom. The molecule has 2 aromatic heterocycles. The predicted octanol–water partition coefficient (Wildman–Crippen LogP) is 1.99. The number of carbonyl (C=O) groups excluding carboxylic acids is 1. The molecule has 0 spiro atoms. The lowest BCUT2D eigenvalue weighted by atomic mass is 10.1. The molecule has 1 amide bonds. The van der Waals surface area contributed by atoms with Crippen LogP contribution in [0.4, 0.5) is 0 Å². The van der Waals surface area contributed by atoms with Crippen molar-refractivity contribution >= 4 is 22.2 Å². The van der Waals surface area contributed by atoms with Crippen LogP contribution < -0.4 is 5.32 Å². The van der Waals surface area contributed by atoms with Crippen molar-refractivity contribution in [3.63, 3.8) is 0 Å². The molecule has 1 aliphatic heterocycles. The summed E-state index contributed by atoms with van der Waals surface area (Å²) < 4.78 is 13.2. The van der Waals surface area contributed by atoms with Crippen LogP contribution in [0.3, 0.4) is 0 Å². The molecule has 22 heavy (non-hydrogen) atoms. The van der Waals surface area contributed by atoms with E-state index in [1.165, 1.54) is 6.42 Å². The van der Waals surface area contributed by atoms with E-state index in [2.05, 4.69) is 10.3 Å². The zero-order valence-corrected chi connectivity index (χ0v) is 13.5. The van der Waals surface area contributed by atoms with E-state index in [4.69, 9.17) is 9.47 Å². The highest BCUT2D eigenvalue weighted by molar-refractivity contribution is 7.15. The van der Waals surface area contributed by atoms with Gasteiger partial charge >= 0.3 is 0 Å². The van der Waals surface area contributed by atoms with E-state index >= 15 is 0 Å². The summed E-state index contributed by atoms with van der Waals surface area (Å²) in [7, 11) is 0. The number of imidazole rings is 1. The van der Waals surface area contributed by atoms with Gasteiger partial charge in [0.1, 0.15) is 6.10 Å². The fourth-order valence-corrected chi connectivity index (χ4v) is 3.17. The van der Waals surface area contributed by atoms with Gasteiger partial charge in [0.2, 0.25) is 5.91 Å². The molecule has 0 aromatic carbocycles. The van der Waals surface area contributed by atoms with Gasteiger partial charge in [0.25, 0.3) is 0 Å². The first kappa shape index (κ1) is 15.5. The fourth-order valence-electron chi connectivity index (χ4n) is 2.45. The van der Waals surface area contributed by atoms with E-state index in [9.17, 15) is 4.79 Å². The number of rotatable bonds is 6. The molecule has 0 bridgehead atoms. The number of thiazole rings is 1. The molecule has 2 atom stereocenters. The molecule has 1 fully saturated rings. The normalized spacial score (nSPS) is 20.1. The van der Waals surface area contributed by atoms with Crippen molar-refractivity contribution in [3.8, 4) is 0 Å². The van der Waals surface area contributed by atoms with Crippen LogP contribution in [0.15, 0.2) is 17.8 Å². The monoisotopic (exact) mass is 323 g/mol. The predicted molar refractivity (Wildman–Crippen MR) is 83.9 cm³/mol. The first-order chi connectivity index (χ1) is 10.7. The molecule has 2 aromatic rings. The van der Waals surface area contributed by atoms with Gasteiger partial charge in [-0.2, -0.15) is 0 Å². The Hall–Kier alpha value is -1.44. The average molecular weight is 323 g/mol. The van der Waals surface area contributed by atoms with E-state index in [0.29, 0.717) is 13.2 Å². The average Bonchev–Trinajstić information content (AvgIpc) is 3.12. The Bertz CT molecular complexity index is 590. The third kappa shape index (κ3) is 3.85. The Balaban J connectivity index is 1.41. The number of nitrogens with zero attached hydrogens (tertiary/aromatic N) is 2. The van der Waals surface area contributed by atoms with Gasteiger partial charge in [-0.25, -0.2) is 4.98 Å². The highest BCUT2D eigenvalue weighted by Gasteiger charge is 2.19. The lowest BCUT2D eigenvalue weighted by Gasteiger charge is -2.23. The molecule has 3 rings (SSSR count). The van der Waals surface area contributed by atoms with Crippen LogP contribution in [-0.2, 0) is 20.8 Å². The zero-order valence-electron chi connectivity index (χ0n) is 12.7. The Morgan fingerprint density at radius 1 is 1.64 bits per heavy atom. The summed E-state index contributed by atoms with van der Waals surface area (Å²) in [6.07, 6.45) is 6.83. The summed E-state index contributed by atoms with van der Waals surface area (Å²) in [5.41, 5.74) is 0.850. The second kappa shape index (κ2) is 7.21. The highest BCUT2D eigenvalue weighted by Crippen LogP contribution is 2.14. The number of nitrogens with one attached hydrogen (secondary N) is 1. The quantitative estimate of drug-likeness (QED) is 0.883. The van der Waals surface area contributed by atoms with Gasteiger partial charge in [-0.1, -0.05) is 0 Å². The van der Waals surface area contributed by atoms with E-state index in [1.807, 2.05) is 22.2 Å². The van der Waals surface area contributed by atoms with Gasteiger partial charge < -0.3 is 14.8 Å². The summed E-state index contributed by atoms with van der Waals surface area (Å²) in [4.78, 5) is 17.4. The van der Waals surface area contributed by atoms with Crippen molar-refractivity contribution in [2.45, 2.75) is 44.9 Å². The van der Waals surface area contributed by atoms with E-state index < -0.39 is 6.10 Å². The van der Waals surface area contributed by atoms with Crippen molar-refractivity contribution in [2.75, 3.05) is 13.2 Å². The standard InChI is InChI=1S/C15H21N3O3S/c1-11(21-10-13-4-2-3-6-20-13)14(19)16-8-12-9-18-5-7-22-15(18)17-12/h5,7,9,11,13H,2-4,6,8,10H2,1H3,(H,16,19). The lowest BCUT2D eigenvalue weighted by molar-refractivity contribution is -0.135.